The number of halogens is 16. The van der Waals surface area contributed by atoms with E-state index >= 15 is 0 Å². The number of rotatable bonds is 4. The highest BCUT2D eigenvalue weighted by Crippen LogP contribution is 2.66. The van der Waals surface area contributed by atoms with Crippen LogP contribution < -0.4 is 0 Å². The van der Waals surface area contributed by atoms with Crippen molar-refractivity contribution in [2.75, 3.05) is 0 Å². The maximum absolute atomic E-state index is 13.8. The van der Waals surface area contributed by atoms with Crippen LogP contribution >= 0.6 is 58.0 Å². The summed E-state index contributed by atoms with van der Waals surface area (Å²) in [5, 5.41) is -4.98. The normalized spacial score (nSPS) is 24.0. The molecule has 18 heteroatoms. The Bertz CT molecular complexity index is 559. The summed E-state index contributed by atoms with van der Waals surface area (Å²) < 4.78 is 143. The summed E-state index contributed by atoms with van der Waals surface area (Å²) in [6, 6.07) is 0. The summed E-state index contributed by atoms with van der Waals surface area (Å²) in [6.07, 6.45) is -7.36. The van der Waals surface area contributed by atoms with Gasteiger partial charge in [-0.3, -0.25) is 9.47 Å². The van der Waals surface area contributed by atoms with Crippen molar-refractivity contribution in [1.29, 1.82) is 0 Å². The zero-order chi connectivity index (χ0) is 21.4. The van der Waals surface area contributed by atoms with Gasteiger partial charge in [0.15, 0.2) is 0 Å². The Kier molecular flexibility index (Phi) is 5.73. The van der Waals surface area contributed by atoms with Crippen LogP contribution in [0.3, 0.4) is 0 Å². The number of hydrogen-bond acceptors (Lipinski definition) is 2. The highest BCUT2D eigenvalue weighted by Gasteiger charge is 2.92. The smallest absolute Gasteiger partial charge is 0.290 e. The molecule has 0 saturated carbocycles. The van der Waals surface area contributed by atoms with Crippen LogP contribution in [-0.2, 0) is 9.47 Å². The maximum atomic E-state index is 13.8. The summed E-state index contributed by atoms with van der Waals surface area (Å²) >= 11 is 24.9. The van der Waals surface area contributed by atoms with E-state index in [-0.39, 0.29) is 0 Å². The van der Waals surface area contributed by atoms with Gasteiger partial charge in [0.2, 0.25) is 0 Å². The fourth-order valence-electron chi connectivity index (χ4n) is 1.36. The van der Waals surface area contributed by atoms with Crippen LogP contribution in [-0.4, -0.2) is 44.2 Å². The summed E-state index contributed by atoms with van der Waals surface area (Å²) in [5.74, 6) is -29.8. The van der Waals surface area contributed by atoms with Crippen LogP contribution in [0.5, 0.6) is 0 Å². The number of ether oxygens (including phenoxy) is 2. The molecular weight excluding hydrogens is 514 g/mol. The zero-order valence-corrected chi connectivity index (χ0v) is 14.6. The Morgan fingerprint density at radius 1 is 0.500 bits per heavy atom. The second-order valence-electron chi connectivity index (χ2n) is 4.57. The van der Waals surface area contributed by atoms with E-state index in [2.05, 4.69) is 9.47 Å². The fourth-order valence-corrected chi connectivity index (χ4v) is 2.45. The van der Waals surface area contributed by atoms with Crippen molar-refractivity contribution >= 4 is 58.0 Å². The second kappa shape index (κ2) is 6.05. The molecule has 1 aliphatic rings. The van der Waals surface area contributed by atoms with Gasteiger partial charge in [-0.1, -0.05) is 46.4 Å². The predicted molar refractivity (Wildman–Crippen MR) is 65.5 cm³/mol. The Hall–Kier alpha value is 0.600. The van der Waals surface area contributed by atoms with Gasteiger partial charge in [-0.05, 0) is 11.6 Å². The average molecular weight is 514 g/mol. The molecule has 0 spiro atoms. The first kappa shape index (κ1) is 24.6. The molecular formula is C8Cl5F11O2. The first-order valence-electron chi connectivity index (χ1n) is 5.34. The predicted octanol–water partition coefficient (Wildman–Crippen LogP) is 6.29. The summed E-state index contributed by atoms with van der Waals surface area (Å²) in [7, 11) is 0. The lowest BCUT2D eigenvalue weighted by molar-refractivity contribution is -0.442. The number of hydrogen-bond donors (Lipinski definition) is 0. The summed E-state index contributed by atoms with van der Waals surface area (Å²) in [4.78, 5) is 0. The Morgan fingerprint density at radius 3 is 1.08 bits per heavy atom. The van der Waals surface area contributed by atoms with Gasteiger partial charge in [0.25, 0.3) is 9.04 Å². The minimum Gasteiger partial charge on any atom is -0.290 e. The second-order valence-corrected chi connectivity index (χ2v) is 7.58. The first-order valence-corrected chi connectivity index (χ1v) is 7.23. The topological polar surface area (TPSA) is 18.5 Å². The van der Waals surface area contributed by atoms with Gasteiger partial charge in [-0.15, -0.1) is 0 Å². The molecule has 0 aromatic carbocycles. The molecule has 2 nitrogen and oxygen atoms in total. The van der Waals surface area contributed by atoms with Gasteiger partial charge in [-0.2, -0.15) is 48.3 Å². The van der Waals surface area contributed by atoms with E-state index in [0.29, 0.717) is 0 Å². The SMILES string of the molecule is FC(F)(F)C(F)(F)C(F)(F)C(F)(F)C(F)(F)C1(Cl)OC(Cl)(Cl)C(Cl)(Cl)O1. The van der Waals surface area contributed by atoms with Crippen molar-refractivity contribution in [2.24, 2.45) is 0 Å². The fraction of sp³-hybridized carbons (Fsp3) is 1.00. The Morgan fingerprint density at radius 2 is 0.808 bits per heavy atom. The third-order valence-corrected chi connectivity index (χ3v) is 4.92. The van der Waals surface area contributed by atoms with Crippen molar-refractivity contribution in [3.8, 4) is 0 Å². The van der Waals surface area contributed by atoms with Gasteiger partial charge in [0.05, 0.1) is 0 Å². The lowest BCUT2D eigenvalue weighted by Gasteiger charge is -2.40. The van der Waals surface area contributed by atoms with Crippen molar-refractivity contribution in [2.45, 2.75) is 44.2 Å². The highest BCUT2D eigenvalue weighted by atomic mass is 35.5. The molecule has 1 rings (SSSR count). The minimum absolute atomic E-state index is 3.46. The molecule has 1 aliphatic heterocycles. The van der Waals surface area contributed by atoms with E-state index in [4.69, 9.17) is 58.0 Å². The van der Waals surface area contributed by atoms with Crippen LogP contribution in [0.25, 0.3) is 0 Å². The molecule has 0 atom stereocenters. The molecule has 0 N–H and O–H groups in total. The molecule has 1 saturated heterocycles. The van der Waals surface area contributed by atoms with Gasteiger partial charge < -0.3 is 0 Å². The van der Waals surface area contributed by atoms with Crippen molar-refractivity contribution in [3.63, 3.8) is 0 Å². The van der Waals surface area contributed by atoms with Crippen molar-refractivity contribution < 1.29 is 57.8 Å². The average Bonchev–Trinajstić information content (AvgIpc) is 2.51. The molecule has 0 aromatic heterocycles. The van der Waals surface area contributed by atoms with Gasteiger partial charge >= 0.3 is 35.1 Å². The molecule has 0 radical (unpaired) electrons. The van der Waals surface area contributed by atoms with E-state index in [9.17, 15) is 48.3 Å². The molecule has 1 fully saturated rings. The van der Waals surface area contributed by atoms with Crippen molar-refractivity contribution in [1.82, 2.24) is 0 Å². The van der Waals surface area contributed by atoms with E-state index in [0.717, 1.165) is 0 Å². The monoisotopic (exact) mass is 512 g/mol. The molecule has 0 unspecified atom stereocenters. The lowest BCUT2D eigenvalue weighted by Crippen LogP contribution is -2.71. The molecule has 26 heavy (non-hydrogen) atoms. The van der Waals surface area contributed by atoms with Gasteiger partial charge in [0.1, 0.15) is 0 Å². The lowest BCUT2D eigenvalue weighted by atomic mass is 9.97. The molecule has 0 aliphatic carbocycles. The van der Waals surface area contributed by atoms with Crippen LogP contribution in [0, 0.1) is 0 Å². The van der Waals surface area contributed by atoms with Crippen LogP contribution in [0.15, 0.2) is 0 Å². The summed E-state index contributed by atoms with van der Waals surface area (Å²) in [6.45, 7) is 0. The van der Waals surface area contributed by atoms with E-state index in [1.807, 2.05) is 0 Å². The number of alkyl halides is 16. The quantitative estimate of drug-likeness (QED) is 0.324. The molecule has 1 heterocycles. The summed E-state index contributed by atoms with van der Waals surface area (Å²) in [5.41, 5.74) is 0. The third kappa shape index (κ3) is 3.09. The van der Waals surface area contributed by atoms with Gasteiger partial charge in [0, 0.05) is 0 Å². The standard InChI is InChI=1S/C8Cl5F11O2/c9-5(10)6(11,12)26-7(13,25-5)3(18,19)1(14,15)2(16,17)4(20,21)8(22,23)24. The zero-order valence-electron chi connectivity index (χ0n) is 10.9. The van der Waals surface area contributed by atoms with Crippen LogP contribution in [0.2, 0.25) is 0 Å². The minimum atomic E-state index is -7.76. The van der Waals surface area contributed by atoms with Crippen LogP contribution in [0.1, 0.15) is 0 Å². The van der Waals surface area contributed by atoms with Crippen LogP contribution in [0.4, 0.5) is 48.3 Å². The molecule has 0 amide bonds. The Balaban J connectivity index is 3.52. The van der Waals surface area contributed by atoms with Crippen molar-refractivity contribution in [3.05, 3.63) is 0 Å². The first-order chi connectivity index (χ1) is 10.9. The Labute approximate surface area is 160 Å². The molecule has 0 aromatic rings. The maximum Gasteiger partial charge on any atom is 0.460 e. The largest absolute Gasteiger partial charge is 0.460 e. The van der Waals surface area contributed by atoms with Gasteiger partial charge in [-0.25, -0.2) is 0 Å². The van der Waals surface area contributed by atoms with E-state index in [1.54, 1.807) is 0 Å². The van der Waals surface area contributed by atoms with E-state index < -0.39 is 44.2 Å². The molecule has 0 bridgehead atoms. The molecule has 156 valence electrons. The van der Waals surface area contributed by atoms with E-state index in [1.165, 1.54) is 0 Å². The third-order valence-electron chi connectivity index (χ3n) is 2.77. The highest BCUT2D eigenvalue weighted by molar-refractivity contribution is 6.61.